The van der Waals surface area contributed by atoms with Crippen LogP contribution < -0.4 is 15.5 Å². The van der Waals surface area contributed by atoms with E-state index in [-0.39, 0.29) is 5.91 Å². The molecule has 2 heterocycles. The van der Waals surface area contributed by atoms with Crippen LogP contribution in [0.15, 0.2) is 59.7 Å². The van der Waals surface area contributed by atoms with Gasteiger partial charge in [0.25, 0.3) is 0 Å². The molecule has 6 nitrogen and oxygen atoms in total. The molecule has 0 bridgehead atoms. The van der Waals surface area contributed by atoms with Crippen molar-refractivity contribution in [3.8, 4) is 0 Å². The smallest absolute Gasteiger partial charge is 0.227 e. The van der Waals surface area contributed by atoms with Crippen LogP contribution in [0.1, 0.15) is 24.0 Å². The summed E-state index contributed by atoms with van der Waals surface area (Å²) in [6.07, 6.45) is 5.25. The lowest BCUT2D eigenvalue weighted by atomic mass is 10.1. The Kier molecular flexibility index (Phi) is 6.32. The predicted octanol–water partition coefficient (Wildman–Crippen LogP) is 3.24. The van der Waals surface area contributed by atoms with Gasteiger partial charge in [-0.05, 0) is 42.5 Å². The van der Waals surface area contributed by atoms with Gasteiger partial charge in [-0.3, -0.25) is 9.79 Å². The van der Waals surface area contributed by atoms with Crippen LogP contribution in [-0.4, -0.2) is 43.5 Å². The molecule has 1 aliphatic heterocycles. The Morgan fingerprint density at radius 2 is 1.90 bits per heavy atom. The minimum Gasteiger partial charge on any atom is -0.361 e. The predicted molar refractivity (Wildman–Crippen MR) is 123 cm³/mol. The van der Waals surface area contributed by atoms with Crippen molar-refractivity contribution in [2.45, 2.75) is 25.7 Å². The van der Waals surface area contributed by atoms with E-state index in [0.29, 0.717) is 13.0 Å². The first-order valence-corrected chi connectivity index (χ1v) is 10.6. The number of carbonyl (C=O) groups excluding carboxylic acids is 1. The van der Waals surface area contributed by atoms with E-state index < -0.39 is 0 Å². The molecule has 2 aromatic carbocycles. The summed E-state index contributed by atoms with van der Waals surface area (Å²) in [5.41, 5.74) is 4.80. The Hall–Kier alpha value is -3.28. The summed E-state index contributed by atoms with van der Waals surface area (Å²) < 4.78 is 0. The van der Waals surface area contributed by atoms with E-state index in [4.69, 9.17) is 0 Å². The second kappa shape index (κ2) is 9.48. The van der Waals surface area contributed by atoms with E-state index in [1.54, 1.807) is 7.05 Å². The van der Waals surface area contributed by atoms with Gasteiger partial charge in [0, 0.05) is 55.9 Å². The highest BCUT2D eigenvalue weighted by molar-refractivity contribution is 5.95. The Labute approximate surface area is 177 Å². The van der Waals surface area contributed by atoms with Gasteiger partial charge < -0.3 is 20.5 Å². The molecule has 6 heteroatoms. The maximum atomic E-state index is 12.6. The van der Waals surface area contributed by atoms with Gasteiger partial charge in [-0.1, -0.05) is 36.4 Å². The monoisotopic (exact) mass is 403 g/mol. The fourth-order valence-electron chi connectivity index (χ4n) is 4.05. The first kappa shape index (κ1) is 20.0. The molecule has 0 atom stereocenters. The quantitative estimate of drug-likeness (QED) is 0.322. The van der Waals surface area contributed by atoms with Crippen LogP contribution in [0.25, 0.3) is 10.9 Å². The number of hydrogen-bond acceptors (Lipinski definition) is 2. The van der Waals surface area contributed by atoms with Gasteiger partial charge in [0.05, 0.1) is 0 Å². The molecule has 0 radical (unpaired) electrons. The number of rotatable bonds is 7. The summed E-state index contributed by atoms with van der Waals surface area (Å²) in [7, 11) is 1.77. The number of benzene rings is 2. The van der Waals surface area contributed by atoms with E-state index in [1.165, 1.54) is 22.0 Å². The first-order chi connectivity index (χ1) is 14.8. The van der Waals surface area contributed by atoms with Crippen molar-refractivity contribution in [2.24, 2.45) is 4.99 Å². The van der Waals surface area contributed by atoms with Crippen molar-refractivity contribution in [3.05, 3.63) is 65.9 Å². The summed E-state index contributed by atoms with van der Waals surface area (Å²) >= 11 is 0. The highest BCUT2D eigenvalue weighted by Crippen LogP contribution is 2.28. The fourth-order valence-corrected chi connectivity index (χ4v) is 4.05. The molecule has 1 amide bonds. The van der Waals surface area contributed by atoms with Gasteiger partial charge in [0.2, 0.25) is 5.91 Å². The molecular formula is C24H29N5O. The highest BCUT2D eigenvalue weighted by atomic mass is 16.2. The van der Waals surface area contributed by atoms with E-state index in [1.807, 2.05) is 29.2 Å². The summed E-state index contributed by atoms with van der Waals surface area (Å²) in [6.45, 7) is 2.31. The normalized spacial score (nSPS) is 13.5. The van der Waals surface area contributed by atoms with E-state index in [9.17, 15) is 4.79 Å². The van der Waals surface area contributed by atoms with Crippen molar-refractivity contribution in [1.82, 2.24) is 15.6 Å². The van der Waals surface area contributed by atoms with Crippen LogP contribution in [0, 0.1) is 0 Å². The van der Waals surface area contributed by atoms with Crippen molar-refractivity contribution in [1.29, 1.82) is 0 Å². The molecule has 30 heavy (non-hydrogen) atoms. The number of H-pyrrole nitrogens is 1. The average Bonchev–Trinajstić information content (AvgIpc) is 3.40. The molecule has 0 unspecified atom stereocenters. The number of guanidine groups is 1. The van der Waals surface area contributed by atoms with Crippen LogP contribution in [0.3, 0.4) is 0 Å². The van der Waals surface area contributed by atoms with Gasteiger partial charge >= 0.3 is 0 Å². The van der Waals surface area contributed by atoms with Gasteiger partial charge in [-0.2, -0.15) is 0 Å². The lowest BCUT2D eigenvalue weighted by Crippen LogP contribution is -2.39. The van der Waals surface area contributed by atoms with Gasteiger partial charge in [-0.15, -0.1) is 0 Å². The summed E-state index contributed by atoms with van der Waals surface area (Å²) in [5, 5.41) is 7.94. The number of fused-ring (bicyclic) bond motifs is 2. The van der Waals surface area contributed by atoms with E-state index in [2.05, 4.69) is 51.1 Å². The Bertz CT molecular complexity index is 1040. The molecule has 3 aromatic rings. The number of aromatic amines is 1. The zero-order valence-corrected chi connectivity index (χ0v) is 17.4. The highest BCUT2D eigenvalue weighted by Gasteiger charge is 2.23. The molecule has 3 N–H and O–H groups in total. The number of nitrogens with one attached hydrogen (secondary N) is 3. The van der Waals surface area contributed by atoms with Crippen LogP contribution in [0.5, 0.6) is 0 Å². The Morgan fingerprint density at radius 3 is 2.80 bits per heavy atom. The maximum absolute atomic E-state index is 12.6. The third kappa shape index (κ3) is 4.48. The topological polar surface area (TPSA) is 72.5 Å². The molecule has 0 fully saturated rings. The zero-order chi connectivity index (χ0) is 20.8. The lowest BCUT2D eigenvalue weighted by molar-refractivity contribution is -0.118. The number of aliphatic imine (C=N–C) groups is 1. The number of carbonyl (C=O) groups is 1. The number of hydrogen-bond donors (Lipinski definition) is 3. The second-order valence-electron chi connectivity index (χ2n) is 7.56. The lowest BCUT2D eigenvalue weighted by Gasteiger charge is -2.17. The molecule has 1 aliphatic rings. The fraction of sp³-hybridized carbons (Fsp3) is 0.333. The number of amides is 1. The van der Waals surface area contributed by atoms with Gasteiger partial charge in [0.15, 0.2) is 5.96 Å². The van der Waals surface area contributed by atoms with E-state index >= 15 is 0 Å². The largest absolute Gasteiger partial charge is 0.361 e. The SMILES string of the molecule is CN=C(NCCCC(=O)N1CCc2ccccc21)NCCc1c[nH]c2ccccc12. The van der Waals surface area contributed by atoms with Crippen LogP contribution in [0.4, 0.5) is 5.69 Å². The first-order valence-electron chi connectivity index (χ1n) is 10.6. The summed E-state index contributed by atoms with van der Waals surface area (Å²) in [4.78, 5) is 22.1. The van der Waals surface area contributed by atoms with E-state index in [0.717, 1.165) is 44.0 Å². The van der Waals surface area contributed by atoms with Gasteiger partial charge in [-0.25, -0.2) is 0 Å². The molecule has 4 rings (SSSR count). The third-order valence-electron chi connectivity index (χ3n) is 5.63. The van der Waals surface area contributed by atoms with Gasteiger partial charge in [0.1, 0.15) is 0 Å². The molecular weight excluding hydrogens is 374 g/mol. The van der Waals surface area contributed by atoms with Crippen molar-refractivity contribution in [2.75, 3.05) is 31.6 Å². The van der Waals surface area contributed by atoms with Crippen LogP contribution >= 0.6 is 0 Å². The van der Waals surface area contributed by atoms with Crippen molar-refractivity contribution < 1.29 is 4.79 Å². The molecule has 0 spiro atoms. The number of anilines is 1. The van der Waals surface area contributed by atoms with Crippen LogP contribution in [-0.2, 0) is 17.6 Å². The van der Waals surface area contributed by atoms with Crippen LogP contribution in [0.2, 0.25) is 0 Å². The average molecular weight is 404 g/mol. The third-order valence-corrected chi connectivity index (χ3v) is 5.63. The van der Waals surface area contributed by atoms with Crippen molar-refractivity contribution >= 4 is 28.5 Å². The zero-order valence-electron chi connectivity index (χ0n) is 17.4. The maximum Gasteiger partial charge on any atom is 0.227 e. The number of para-hydroxylation sites is 2. The summed E-state index contributed by atoms with van der Waals surface area (Å²) in [5.74, 6) is 0.970. The Morgan fingerprint density at radius 1 is 1.10 bits per heavy atom. The molecule has 156 valence electrons. The molecule has 0 saturated carbocycles. The van der Waals surface area contributed by atoms with Crippen molar-refractivity contribution in [3.63, 3.8) is 0 Å². The second-order valence-corrected chi connectivity index (χ2v) is 7.56. The summed E-state index contributed by atoms with van der Waals surface area (Å²) in [6, 6.07) is 16.5. The number of nitrogens with zero attached hydrogens (tertiary/aromatic N) is 2. The minimum atomic E-state index is 0.198. The Balaban J connectivity index is 1.18. The molecule has 1 aromatic heterocycles. The molecule has 0 saturated heterocycles. The number of aromatic nitrogens is 1. The minimum absolute atomic E-state index is 0.198. The standard InChI is InChI=1S/C24H29N5O/c1-25-24(27-15-12-19-17-28-21-9-4-3-8-20(19)21)26-14-6-11-23(30)29-16-13-18-7-2-5-10-22(18)29/h2-5,7-10,17,28H,6,11-16H2,1H3,(H2,25,26,27). The molecule has 0 aliphatic carbocycles.